The summed E-state index contributed by atoms with van der Waals surface area (Å²) >= 11 is 0. The first-order valence-corrected chi connectivity index (χ1v) is 10.7. The average molecular weight is 467 g/mol. The first-order valence-electron chi connectivity index (χ1n) is 10.7. The van der Waals surface area contributed by atoms with Gasteiger partial charge in [0, 0.05) is 39.3 Å². The smallest absolute Gasteiger partial charge is 0.335 e. The van der Waals surface area contributed by atoms with Crippen molar-refractivity contribution in [3.05, 3.63) is 48.0 Å². The fraction of sp³-hybridized carbons (Fsp3) is 0.286. The van der Waals surface area contributed by atoms with E-state index in [9.17, 15) is 9.18 Å². The van der Waals surface area contributed by atoms with Crippen LogP contribution in [0.1, 0.15) is 10.4 Å². The van der Waals surface area contributed by atoms with Gasteiger partial charge in [-0.05, 0) is 30.3 Å². The number of carboxylic acids is 1. The molecule has 4 heterocycles. The molecule has 0 spiro atoms. The molecule has 5 rings (SSSR count). The van der Waals surface area contributed by atoms with Gasteiger partial charge in [-0.3, -0.25) is 4.90 Å². The molecular weight excluding hydrogens is 445 g/mol. The second-order valence-corrected chi connectivity index (χ2v) is 7.76. The van der Waals surface area contributed by atoms with Gasteiger partial charge < -0.3 is 25.5 Å². The van der Waals surface area contributed by atoms with Crippen LogP contribution < -0.4 is 16.0 Å². The van der Waals surface area contributed by atoms with Gasteiger partial charge in [0.2, 0.25) is 17.7 Å². The molecule has 13 heteroatoms. The lowest BCUT2D eigenvalue weighted by Crippen LogP contribution is -2.48. The van der Waals surface area contributed by atoms with Crippen LogP contribution in [0, 0.1) is 5.82 Å². The molecule has 12 nitrogen and oxygen atoms in total. The summed E-state index contributed by atoms with van der Waals surface area (Å²) in [5.41, 5.74) is 6.37. The highest BCUT2D eigenvalue weighted by atomic mass is 19.1. The topological polar surface area (TPSA) is 151 Å². The van der Waals surface area contributed by atoms with Crippen molar-refractivity contribution in [1.29, 1.82) is 0 Å². The molecule has 1 aliphatic heterocycles. The van der Waals surface area contributed by atoms with Crippen LogP contribution in [-0.2, 0) is 0 Å². The number of furan rings is 1. The van der Waals surface area contributed by atoms with Crippen LogP contribution in [0.5, 0.6) is 0 Å². The van der Waals surface area contributed by atoms with Gasteiger partial charge in [0.1, 0.15) is 5.82 Å². The van der Waals surface area contributed by atoms with Crippen molar-refractivity contribution in [2.24, 2.45) is 0 Å². The van der Waals surface area contributed by atoms with Crippen molar-refractivity contribution in [3.63, 3.8) is 0 Å². The number of carbonyl (C=O) groups is 1. The molecule has 34 heavy (non-hydrogen) atoms. The number of rotatable bonds is 7. The van der Waals surface area contributed by atoms with E-state index in [4.69, 9.17) is 15.3 Å². The summed E-state index contributed by atoms with van der Waals surface area (Å²) in [5.74, 6) is 0.0285. The second-order valence-electron chi connectivity index (χ2n) is 7.76. The second kappa shape index (κ2) is 8.94. The first kappa shape index (κ1) is 21.6. The molecule has 1 fully saturated rings. The third-order valence-corrected chi connectivity index (χ3v) is 5.59. The number of fused-ring (bicyclic) bond motifs is 1. The van der Waals surface area contributed by atoms with Gasteiger partial charge in [0.15, 0.2) is 5.76 Å². The van der Waals surface area contributed by atoms with Gasteiger partial charge in [-0.1, -0.05) is 0 Å². The lowest BCUT2D eigenvalue weighted by molar-refractivity contribution is 0.0696. The number of nitrogen functional groups attached to an aromatic ring is 1. The van der Waals surface area contributed by atoms with Crippen LogP contribution in [0.15, 0.2) is 41.0 Å². The lowest BCUT2D eigenvalue weighted by Gasteiger charge is -2.36. The van der Waals surface area contributed by atoms with E-state index < -0.39 is 11.8 Å². The highest BCUT2D eigenvalue weighted by Gasteiger charge is 2.20. The van der Waals surface area contributed by atoms with E-state index in [1.54, 1.807) is 12.1 Å². The van der Waals surface area contributed by atoms with Crippen LogP contribution in [-0.4, -0.2) is 79.8 Å². The Morgan fingerprint density at radius 3 is 2.71 bits per heavy atom. The normalized spacial score (nSPS) is 14.6. The maximum absolute atomic E-state index is 14.3. The van der Waals surface area contributed by atoms with Crippen molar-refractivity contribution in [1.82, 2.24) is 29.5 Å². The number of nitrogens with zero attached hydrogens (tertiary/aromatic N) is 7. The zero-order valence-corrected chi connectivity index (χ0v) is 18.1. The van der Waals surface area contributed by atoms with E-state index in [1.807, 2.05) is 4.90 Å². The Morgan fingerprint density at radius 2 is 2.00 bits per heavy atom. The average Bonchev–Trinajstić information content (AvgIpc) is 3.50. The van der Waals surface area contributed by atoms with Crippen LogP contribution in [0.4, 0.5) is 22.0 Å². The third-order valence-electron chi connectivity index (χ3n) is 5.59. The monoisotopic (exact) mass is 467 g/mol. The van der Waals surface area contributed by atoms with Gasteiger partial charge in [0.05, 0.1) is 17.5 Å². The maximum atomic E-state index is 14.3. The number of nitrogens with one attached hydrogen (secondary N) is 1. The molecule has 0 amide bonds. The summed E-state index contributed by atoms with van der Waals surface area (Å²) in [6.07, 6.45) is 1.54. The lowest BCUT2D eigenvalue weighted by atomic mass is 10.1. The summed E-state index contributed by atoms with van der Waals surface area (Å²) < 4.78 is 21.0. The molecule has 0 unspecified atom stereocenters. The number of aromatic carboxylic acids is 1. The van der Waals surface area contributed by atoms with Crippen molar-refractivity contribution in [2.75, 3.05) is 55.2 Å². The van der Waals surface area contributed by atoms with Crippen LogP contribution >= 0.6 is 0 Å². The molecule has 0 saturated carbocycles. The van der Waals surface area contributed by atoms with Crippen molar-refractivity contribution in [2.45, 2.75) is 0 Å². The summed E-state index contributed by atoms with van der Waals surface area (Å²) in [5, 5.41) is 16.4. The molecule has 1 aliphatic rings. The Balaban J connectivity index is 1.15. The third kappa shape index (κ3) is 4.32. The fourth-order valence-corrected chi connectivity index (χ4v) is 3.83. The molecule has 0 atom stereocenters. The number of aromatic nitrogens is 5. The number of anilines is 3. The van der Waals surface area contributed by atoms with Crippen molar-refractivity contribution >= 4 is 29.3 Å². The van der Waals surface area contributed by atoms with Crippen LogP contribution in [0.25, 0.3) is 17.4 Å². The summed E-state index contributed by atoms with van der Waals surface area (Å²) in [6.45, 7) is 4.05. The summed E-state index contributed by atoms with van der Waals surface area (Å²) in [7, 11) is 0. The van der Waals surface area contributed by atoms with E-state index >= 15 is 0 Å². The zero-order chi connectivity index (χ0) is 23.7. The van der Waals surface area contributed by atoms with Gasteiger partial charge in [-0.2, -0.15) is 19.5 Å². The Hall–Kier alpha value is -4.26. The van der Waals surface area contributed by atoms with E-state index in [0.29, 0.717) is 48.6 Å². The van der Waals surface area contributed by atoms with E-state index in [2.05, 4.69) is 30.3 Å². The maximum Gasteiger partial charge on any atom is 0.335 e. The van der Waals surface area contributed by atoms with Gasteiger partial charge in [-0.25, -0.2) is 9.18 Å². The van der Waals surface area contributed by atoms with Crippen LogP contribution in [0.3, 0.4) is 0 Å². The minimum absolute atomic E-state index is 0.0599. The quantitative estimate of drug-likeness (QED) is 0.362. The number of hydrogen-bond acceptors (Lipinski definition) is 10. The number of halogens is 1. The highest BCUT2D eigenvalue weighted by molar-refractivity contribution is 5.88. The molecule has 1 saturated heterocycles. The molecule has 176 valence electrons. The molecule has 4 N–H and O–H groups in total. The highest BCUT2D eigenvalue weighted by Crippen LogP contribution is 2.22. The number of piperazine rings is 1. The Labute approximate surface area is 192 Å². The SMILES string of the molecule is Nc1nc(NCCN2CCN(c3ccc(C(=O)O)cc3F)CC2)nc2nc(-c3ccco3)nn12. The van der Waals surface area contributed by atoms with Gasteiger partial charge in [-0.15, -0.1) is 5.10 Å². The standard InChI is InChI=1S/C21H22FN9O3/c22-14-12-13(18(32)33)3-4-15(14)30-9-7-29(8-10-30)6-5-24-20-26-19(23)31-21(27-20)25-17(28-31)16-2-1-11-34-16/h1-4,11-12H,5-10H2,(H,32,33)(H3,23,24,25,26,27,28). The predicted octanol–water partition coefficient (Wildman–Crippen LogP) is 1.43. The van der Waals surface area contributed by atoms with Gasteiger partial charge in [0.25, 0.3) is 5.78 Å². The number of carboxylic acid groups (broad SMARTS) is 1. The van der Waals surface area contributed by atoms with Gasteiger partial charge >= 0.3 is 5.97 Å². The Bertz CT molecular complexity index is 1320. The molecule has 0 bridgehead atoms. The Morgan fingerprint density at radius 1 is 1.18 bits per heavy atom. The summed E-state index contributed by atoms with van der Waals surface area (Å²) in [6, 6.07) is 7.50. The molecular formula is C21H22FN9O3. The zero-order valence-electron chi connectivity index (χ0n) is 18.1. The fourth-order valence-electron chi connectivity index (χ4n) is 3.83. The largest absolute Gasteiger partial charge is 0.478 e. The molecule has 1 aromatic carbocycles. The minimum atomic E-state index is -1.14. The summed E-state index contributed by atoms with van der Waals surface area (Å²) in [4.78, 5) is 28.1. The number of benzene rings is 1. The minimum Gasteiger partial charge on any atom is -0.478 e. The molecule has 0 aliphatic carbocycles. The van der Waals surface area contributed by atoms with E-state index in [1.165, 1.54) is 22.9 Å². The first-order chi connectivity index (χ1) is 16.5. The van der Waals surface area contributed by atoms with E-state index in [0.717, 1.165) is 25.7 Å². The predicted molar refractivity (Wildman–Crippen MR) is 121 cm³/mol. The molecule has 3 aromatic heterocycles. The van der Waals surface area contributed by atoms with Crippen LogP contribution in [0.2, 0.25) is 0 Å². The number of nitrogens with two attached hydrogens (primary N) is 1. The number of hydrogen-bond donors (Lipinski definition) is 3. The van der Waals surface area contributed by atoms with Crippen molar-refractivity contribution in [3.8, 4) is 11.6 Å². The van der Waals surface area contributed by atoms with Crippen molar-refractivity contribution < 1.29 is 18.7 Å². The Kier molecular flexibility index (Phi) is 5.67. The molecule has 0 radical (unpaired) electrons. The molecule has 4 aromatic rings. The van der Waals surface area contributed by atoms with E-state index in [-0.39, 0.29) is 11.5 Å².